The minimum Gasteiger partial charge on any atom is -0.345 e. The van der Waals surface area contributed by atoms with Gasteiger partial charge in [0.15, 0.2) is 5.13 Å². The first kappa shape index (κ1) is 14.0. The summed E-state index contributed by atoms with van der Waals surface area (Å²) in [6.45, 7) is 4.44. The highest BCUT2D eigenvalue weighted by Crippen LogP contribution is 2.39. The highest BCUT2D eigenvalue weighted by Gasteiger charge is 2.34. The van der Waals surface area contributed by atoms with Gasteiger partial charge in [0.1, 0.15) is 0 Å². The second-order valence-corrected chi connectivity index (χ2v) is 8.17. The van der Waals surface area contributed by atoms with Crippen LogP contribution in [0.3, 0.4) is 0 Å². The molecular formula is C17H27N3S. The van der Waals surface area contributed by atoms with Gasteiger partial charge in [-0.2, -0.15) is 0 Å². The molecule has 0 aromatic carbocycles. The minimum atomic E-state index is 0.780. The molecule has 2 atom stereocenters. The first-order valence-electron chi connectivity index (χ1n) is 8.77. The van der Waals surface area contributed by atoms with Gasteiger partial charge >= 0.3 is 0 Å². The largest absolute Gasteiger partial charge is 0.345 e. The predicted octanol–water partition coefficient (Wildman–Crippen LogP) is 3.86. The van der Waals surface area contributed by atoms with E-state index in [0.29, 0.717) is 0 Å². The third-order valence-corrected chi connectivity index (χ3v) is 6.69. The lowest BCUT2D eigenvalue weighted by molar-refractivity contribution is 0.243. The van der Waals surface area contributed by atoms with Crippen molar-refractivity contribution < 1.29 is 0 Å². The van der Waals surface area contributed by atoms with E-state index in [1.807, 2.05) is 11.3 Å². The summed E-state index contributed by atoms with van der Waals surface area (Å²) in [4.78, 5) is 9.04. The molecule has 2 saturated carbocycles. The van der Waals surface area contributed by atoms with Gasteiger partial charge in [-0.05, 0) is 51.4 Å². The Morgan fingerprint density at radius 3 is 2.81 bits per heavy atom. The zero-order valence-corrected chi connectivity index (χ0v) is 13.9. The molecule has 1 aromatic heterocycles. The number of anilines is 1. The van der Waals surface area contributed by atoms with E-state index in [4.69, 9.17) is 4.98 Å². The van der Waals surface area contributed by atoms with Crippen LogP contribution in [-0.4, -0.2) is 23.6 Å². The van der Waals surface area contributed by atoms with Gasteiger partial charge in [0, 0.05) is 30.1 Å². The van der Waals surface area contributed by atoms with E-state index in [9.17, 15) is 0 Å². The summed E-state index contributed by atoms with van der Waals surface area (Å²) in [7, 11) is 0. The lowest BCUT2D eigenvalue weighted by Gasteiger charge is -2.44. The maximum absolute atomic E-state index is 4.93. The molecule has 3 nitrogen and oxygen atoms in total. The number of rotatable bonds is 4. The van der Waals surface area contributed by atoms with E-state index in [2.05, 4.69) is 17.1 Å². The molecule has 2 heterocycles. The zero-order valence-electron chi connectivity index (χ0n) is 13.1. The topological polar surface area (TPSA) is 28.2 Å². The Kier molecular flexibility index (Phi) is 3.92. The van der Waals surface area contributed by atoms with E-state index in [1.54, 1.807) is 0 Å². The van der Waals surface area contributed by atoms with Gasteiger partial charge in [-0.25, -0.2) is 4.98 Å². The number of nitrogens with one attached hydrogen (secondary N) is 1. The molecule has 116 valence electrons. The van der Waals surface area contributed by atoms with Gasteiger partial charge in [-0.3, -0.25) is 0 Å². The fourth-order valence-electron chi connectivity index (χ4n) is 4.09. The van der Waals surface area contributed by atoms with Gasteiger partial charge < -0.3 is 10.2 Å². The van der Waals surface area contributed by atoms with Crippen LogP contribution in [0.2, 0.25) is 0 Å². The van der Waals surface area contributed by atoms with Crippen LogP contribution >= 0.6 is 11.3 Å². The van der Waals surface area contributed by atoms with Crippen LogP contribution in [0.25, 0.3) is 0 Å². The van der Waals surface area contributed by atoms with Crippen LogP contribution < -0.4 is 10.2 Å². The van der Waals surface area contributed by atoms with Crippen molar-refractivity contribution in [2.24, 2.45) is 5.92 Å². The normalized spacial score (nSPS) is 29.5. The van der Waals surface area contributed by atoms with E-state index in [0.717, 1.165) is 24.5 Å². The molecule has 0 unspecified atom stereocenters. The van der Waals surface area contributed by atoms with Crippen molar-refractivity contribution in [1.29, 1.82) is 0 Å². The Hall–Kier alpha value is -0.610. The monoisotopic (exact) mass is 305 g/mol. The lowest BCUT2D eigenvalue weighted by atomic mass is 9.78. The minimum absolute atomic E-state index is 0.780. The third-order valence-electron chi connectivity index (χ3n) is 5.50. The summed E-state index contributed by atoms with van der Waals surface area (Å²) >= 11 is 1.94. The quantitative estimate of drug-likeness (QED) is 0.915. The molecule has 4 rings (SSSR count). The van der Waals surface area contributed by atoms with Gasteiger partial charge in [-0.1, -0.05) is 12.8 Å². The SMILES string of the molecule is Cc1nc(N2CCC[C@H]3CCCC[C@H]32)sc1CNC1CC1. The van der Waals surface area contributed by atoms with Crippen LogP contribution in [0, 0.1) is 12.8 Å². The molecule has 1 aromatic rings. The first-order chi connectivity index (χ1) is 10.3. The average Bonchev–Trinajstić information content (AvgIpc) is 3.27. The molecule has 0 amide bonds. The fourth-order valence-corrected chi connectivity index (χ4v) is 5.18. The maximum atomic E-state index is 4.93. The molecule has 4 heteroatoms. The Morgan fingerprint density at radius 1 is 1.14 bits per heavy atom. The van der Waals surface area contributed by atoms with Gasteiger partial charge in [0.2, 0.25) is 0 Å². The van der Waals surface area contributed by atoms with Crippen LogP contribution in [0.4, 0.5) is 5.13 Å². The second-order valence-electron chi connectivity index (χ2n) is 7.11. The number of hydrogen-bond acceptors (Lipinski definition) is 4. The van der Waals surface area contributed by atoms with Crippen LogP contribution in [-0.2, 0) is 6.54 Å². The number of hydrogen-bond donors (Lipinski definition) is 1. The van der Waals surface area contributed by atoms with Gasteiger partial charge in [-0.15, -0.1) is 11.3 Å². The van der Waals surface area contributed by atoms with Crippen LogP contribution in [0.15, 0.2) is 0 Å². The number of aryl methyl sites for hydroxylation is 1. The highest BCUT2D eigenvalue weighted by molar-refractivity contribution is 7.15. The maximum Gasteiger partial charge on any atom is 0.186 e. The third kappa shape index (κ3) is 2.98. The molecule has 3 fully saturated rings. The Morgan fingerprint density at radius 2 is 1.95 bits per heavy atom. The number of fused-ring (bicyclic) bond motifs is 1. The molecule has 1 saturated heterocycles. The number of piperidine rings is 1. The van der Waals surface area contributed by atoms with E-state index in [-0.39, 0.29) is 0 Å². The van der Waals surface area contributed by atoms with Crippen molar-refractivity contribution >= 4 is 16.5 Å². The van der Waals surface area contributed by atoms with Crippen molar-refractivity contribution in [2.45, 2.75) is 76.9 Å². The standard InChI is InChI=1S/C17H27N3S/c1-12-16(11-18-14-8-9-14)21-17(19-12)20-10-4-6-13-5-2-3-7-15(13)20/h13-15,18H,2-11H2,1H3/t13-,15-/m1/s1. The number of aromatic nitrogens is 1. The van der Waals surface area contributed by atoms with Crippen molar-refractivity contribution in [3.8, 4) is 0 Å². The summed E-state index contributed by atoms with van der Waals surface area (Å²) in [6, 6.07) is 1.56. The molecule has 0 bridgehead atoms. The molecule has 1 N–H and O–H groups in total. The summed E-state index contributed by atoms with van der Waals surface area (Å²) in [5.41, 5.74) is 1.25. The van der Waals surface area contributed by atoms with Gasteiger partial charge in [0.05, 0.1) is 5.69 Å². The van der Waals surface area contributed by atoms with E-state index < -0.39 is 0 Å². The summed E-state index contributed by atoms with van der Waals surface area (Å²) in [6.07, 6.45) is 11.2. The smallest absolute Gasteiger partial charge is 0.186 e. The summed E-state index contributed by atoms with van der Waals surface area (Å²) < 4.78 is 0. The predicted molar refractivity (Wildman–Crippen MR) is 89.0 cm³/mol. The van der Waals surface area contributed by atoms with Crippen molar-refractivity contribution in [2.75, 3.05) is 11.4 Å². The molecule has 0 radical (unpaired) electrons. The first-order valence-corrected chi connectivity index (χ1v) is 9.59. The Balaban J connectivity index is 1.49. The van der Waals surface area contributed by atoms with Crippen molar-refractivity contribution in [1.82, 2.24) is 10.3 Å². The van der Waals surface area contributed by atoms with Crippen molar-refractivity contribution in [3.63, 3.8) is 0 Å². The molecule has 0 spiro atoms. The Labute approximate surface area is 132 Å². The summed E-state index contributed by atoms with van der Waals surface area (Å²) in [5, 5.41) is 4.94. The molecule has 1 aliphatic heterocycles. The lowest BCUT2D eigenvalue weighted by Crippen LogP contribution is -2.46. The van der Waals surface area contributed by atoms with E-state index >= 15 is 0 Å². The number of thiazole rings is 1. The molecule has 2 aliphatic carbocycles. The van der Waals surface area contributed by atoms with E-state index in [1.165, 1.54) is 73.6 Å². The fraction of sp³-hybridized carbons (Fsp3) is 0.824. The summed E-state index contributed by atoms with van der Waals surface area (Å²) in [5.74, 6) is 0.935. The van der Waals surface area contributed by atoms with Crippen LogP contribution in [0.1, 0.15) is 61.9 Å². The molecule has 21 heavy (non-hydrogen) atoms. The zero-order chi connectivity index (χ0) is 14.2. The average molecular weight is 305 g/mol. The Bertz CT molecular complexity index is 492. The number of nitrogens with zero attached hydrogens (tertiary/aromatic N) is 2. The van der Waals surface area contributed by atoms with Gasteiger partial charge in [0.25, 0.3) is 0 Å². The highest BCUT2D eigenvalue weighted by atomic mass is 32.1. The second kappa shape index (κ2) is 5.88. The molecule has 3 aliphatic rings. The van der Waals surface area contributed by atoms with Crippen molar-refractivity contribution in [3.05, 3.63) is 10.6 Å². The van der Waals surface area contributed by atoms with Crippen LogP contribution in [0.5, 0.6) is 0 Å². The molecular weight excluding hydrogens is 278 g/mol.